The summed E-state index contributed by atoms with van der Waals surface area (Å²) in [4.78, 5) is 13.8. The largest absolute Gasteiger partial charge is 0.484 e. The smallest absolute Gasteiger partial charge is 0.260 e. The standard InChI is InChI=1S/C14H22N2O2/c1-14(2,3)16(10-9-15)13(17)11-18-12-7-5-4-6-8-12/h4-8H,9-11,15H2,1-3H3. The Bertz CT molecular complexity index is 371. The van der Waals surface area contributed by atoms with Crippen LogP contribution in [-0.4, -0.2) is 36.0 Å². The van der Waals surface area contributed by atoms with E-state index in [0.717, 1.165) is 0 Å². The fraction of sp³-hybridized carbons (Fsp3) is 0.500. The molecular weight excluding hydrogens is 228 g/mol. The van der Waals surface area contributed by atoms with Crippen molar-refractivity contribution in [2.24, 2.45) is 5.73 Å². The third kappa shape index (κ3) is 4.37. The van der Waals surface area contributed by atoms with E-state index in [0.29, 0.717) is 18.8 Å². The lowest BCUT2D eigenvalue weighted by atomic mass is 10.1. The summed E-state index contributed by atoms with van der Waals surface area (Å²) in [6.45, 7) is 7.01. The molecule has 100 valence electrons. The van der Waals surface area contributed by atoms with E-state index in [9.17, 15) is 4.79 Å². The summed E-state index contributed by atoms with van der Waals surface area (Å²) in [5.74, 6) is 0.657. The van der Waals surface area contributed by atoms with E-state index in [1.165, 1.54) is 0 Å². The van der Waals surface area contributed by atoms with E-state index in [1.54, 1.807) is 4.90 Å². The molecule has 1 rings (SSSR count). The number of amides is 1. The summed E-state index contributed by atoms with van der Waals surface area (Å²) in [7, 11) is 0. The fourth-order valence-corrected chi connectivity index (χ4v) is 1.70. The number of ether oxygens (including phenoxy) is 1. The molecule has 2 N–H and O–H groups in total. The maximum atomic E-state index is 12.1. The van der Waals surface area contributed by atoms with Crippen LogP contribution in [0.1, 0.15) is 20.8 Å². The normalized spacial score (nSPS) is 11.1. The number of carbonyl (C=O) groups is 1. The van der Waals surface area contributed by atoms with Crippen LogP contribution >= 0.6 is 0 Å². The summed E-state index contributed by atoms with van der Waals surface area (Å²) in [5.41, 5.74) is 5.30. The first-order valence-electron chi connectivity index (χ1n) is 6.13. The number of nitrogens with two attached hydrogens (primary N) is 1. The van der Waals surface area contributed by atoms with E-state index in [1.807, 2.05) is 51.1 Å². The summed E-state index contributed by atoms with van der Waals surface area (Å²) in [6.07, 6.45) is 0. The van der Waals surface area contributed by atoms with Crippen molar-refractivity contribution in [3.63, 3.8) is 0 Å². The van der Waals surface area contributed by atoms with Gasteiger partial charge in [0.05, 0.1) is 0 Å². The van der Waals surface area contributed by atoms with E-state index in [2.05, 4.69) is 0 Å². The molecule has 1 aromatic carbocycles. The maximum absolute atomic E-state index is 12.1. The predicted octanol–water partition coefficient (Wildman–Crippen LogP) is 1.65. The molecule has 0 saturated carbocycles. The van der Waals surface area contributed by atoms with E-state index in [-0.39, 0.29) is 18.1 Å². The summed E-state index contributed by atoms with van der Waals surface area (Å²) in [5, 5.41) is 0. The fourth-order valence-electron chi connectivity index (χ4n) is 1.70. The first kappa shape index (κ1) is 14.5. The SMILES string of the molecule is CC(C)(C)N(CCN)C(=O)COc1ccccc1. The Morgan fingerprint density at radius 1 is 1.28 bits per heavy atom. The van der Waals surface area contributed by atoms with Crippen LogP contribution in [-0.2, 0) is 4.79 Å². The van der Waals surface area contributed by atoms with Gasteiger partial charge in [-0.1, -0.05) is 18.2 Å². The molecule has 4 heteroatoms. The van der Waals surface area contributed by atoms with Gasteiger partial charge in [-0.05, 0) is 32.9 Å². The van der Waals surface area contributed by atoms with Gasteiger partial charge in [0, 0.05) is 18.6 Å². The molecule has 1 aromatic rings. The number of carbonyl (C=O) groups excluding carboxylic acids is 1. The van der Waals surface area contributed by atoms with Crippen LogP contribution in [0.15, 0.2) is 30.3 Å². The Labute approximate surface area is 109 Å². The average Bonchev–Trinajstić information content (AvgIpc) is 2.33. The van der Waals surface area contributed by atoms with Crippen molar-refractivity contribution >= 4 is 5.91 Å². The molecule has 0 radical (unpaired) electrons. The van der Waals surface area contributed by atoms with Gasteiger partial charge in [-0.2, -0.15) is 0 Å². The van der Waals surface area contributed by atoms with Gasteiger partial charge in [-0.25, -0.2) is 0 Å². The molecule has 0 aromatic heterocycles. The van der Waals surface area contributed by atoms with Crippen LogP contribution in [0.5, 0.6) is 5.75 Å². The molecule has 0 bridgehead atoms. The van der Waals surface area contributed by atoms with Crippen molar-refractivity contribution in [3.8, 4) is 5.75 Å². The van der Waals surface area contributed by atoms with E-state index < -0.39 is 0 Å². The third-order valence-corrected chi connectivity index (χ3v) is 2.57. The molecule has 0 heterocycles. The Hall–Kier alpha value is -1.55. The lowest BCUT2D eigenvalue weighted by Gasteiger charge is -2.35. The highest BCUT2D eigenvalue weighted by atomic mass is 16.5. The lowest BCUT2D eigenvalue weighted by Crippen LogP contribution is -2.49. The molecule has 4 nitrogen and oxygen atoms in total. The van der Waals surface area contributed by atoms with Crippen LogP contribution in [0.4, 0.5) is 0 Å². The van der Waals surface area contributed by atoms with Crippen molar-refractivity contribution < 1.29 is 9.53 Å². The summed E-state index contributed by atoms with van der Waals surface area (Å²) < 4.78 is 5.46. The van der Waals surface area contributed by atoms with Crippen LogP contribution < -0.4 is 10.5 Å². The van der Waals surface area contributed by atoms with Gasteiger partial charge in [-0.15, -0.1) is 0 Å². The van der Waals surface area contributed by atoms with Crippen molar-refractivity contribution in [1.82, 2.24) is 4.90 Å². The zero-order valence-corrected chi connectivity index (χ0v) is 11.3. The molecule has 0 atom stereocenters. The number of rotatable bonds is 5. The second kappa shape index (κ2) is 6.40. The summed E-state index contributed by atoms with van der Waals surface area (Å²) >= 11 is 0. The highest BCUT2D eigenvalue weighted by Gasteiger charge is 2.25. The van der Waals surface area contributed by atoms with Gasteiger partial charge in [-0.3, -0.25) is 4.79 Å². The first-order chi connectivity index (χ1) is 8.45. The third-order valence-electron chi connectivity index (χ3n) is 2.57. The molecule has 0 spiro atoms. The Morgan fingerprint density at radius 3 is 2.39 bits per heavy atom. The predicted molar refractivity (Wildman–Crippen MR) is 72.5 cm³/mol. The Balaban J connectivity index is 2.57. The highest BCUT2D eigenvalue weighted by molar-refractivity contribution is 5.78. The number of benzene rings is 1. The Kier molecular flexibility index (Phi) is 5.16. The quantitative estimate of drug-likeness (QED) is 0.864. The number of hydrogen-bond acceptors (Lipinski definition) is 3. The van der Waals surface area contributed by atoms with Crippen molar-refractivity contribution in [2.75, 3.05) is 19.7 Å². The van der Waals surface area contributed by atoms with Gasteiger partial charge in [0.25, 0.3) is 5.91 Å². The second-order valence-corrected chi connectivity index (χ2v) is 5.11. The molecule has 0 unspecified atom stereocenters. The zero-order chi connectivity index (χ0) is 13.6. The Morgan fingerprint density at radius 2 is 1.89 bits per heavy atom. The van der Waals surface area contributed by atoms with E-state index >= 15 is 0 Å². The molecule has 0 aliphatic heterocycles. The van der Waals surface area contributed by atoms with Gasteiger partial charge < -0.3 is 15.4 Å². The molecule has 0 saturated heterocycles. The second-order valence-electron chi connectivity index (χ2n) is 5.11. The van der Waals surface area contributed by atoms with Crippen LogP contribution in [0, 0.1) is 0 Å². The molecule has 0 fully saturated rings. The molecule has 0 aliphatic carbocycles. The van der Waals surface area contributed by atoms with Crippen LogP contribution in [0.2, 0.25) is 0 Å². The minimum absolute atomic E-state index is 0.0429. The number of nitrogens with zero attached hydrogens (tertiary/aromatic N) is 1. The van der Waals surface area contributed by atoms with Gasteiger partial charge in [0.15, 0.2) is 6.61 Å². The van der Waals surface area contributed by atoms with E-state index in [4.69, 9.17) is 10.5 Å². The van der Waals surface area contributed by atoms with Crippen LogP contribution in [0.3, 0.4) is 0 Å². The topological polar surface area (TPSA) is 55.6 Å². The highest BCUT2D eigenvalue weighted by Crippen LogP contribution is 2.14. The molecule has 1 amide bonds. The van der Waals surface area contributed by atoms with Gasteiger partial charge >= 0.3 is 0 Å². The monoisotopic (exact) mass is 250 g/mol. The van der Waals surface area contributed by atoms with Gasteiger partial charge in [0.2, 0.25) is 0 Å². The zero-order valence-electron chi connectivity index (χ0n) is 11.3. The lowest BCUT2D eigenvalue weighted by molar-refractivity contribution is -0.138. The first-order valence-corrected chi connectivity index (χ1v) is 6.13. The minimum atomic E-state index is -0.240. The van der Waals surface area contributed by atoms with Crippen molar-refractivity contribution in [1.29, 1.82) is 0 Å². The number of para-hydroxylation sites is 1. The van der Waals surface area contributed by atoms with Gasteiger partial charge in [0.1, 0.15) is 5.75 Å². The average molecular weight is 250 g/mol. The van der Waals surface area contributed by atoms with Crippen molar-refractivity contribution in [3.05, 3.63) is 30.3 Å². The summed E-state index contributed by atoms with van der Waals surface area (Å²) in [6, 6.07) is 9.32. The molecule has 0 aliphatic rings. The van der Waals surface area contributed by atoms with Crippen molar-refractivity contribution in [2.45, 2.75) is 26.3 Å². The number of hydrogen-bond donors (Lipinski definition) is 1. The minimum Gasteiger partial charge on any atom is -0.484 e. The van der Waals surface area contributed by atoms with Crippen LogP contribution in [0.25, 0.3) is 0 Å². The molecule has 18 heavy (non-hydrogen) atoms. The molecular formula is C14H22N2O2. The maximum Gasteiger partial charge on any atom is 0.260 e.